The summed E-state index contributed by atoms with van der Waals surface area (Å²) in [6, 6.07) is 32.2. The topological polar surface area (TPSA) is 201 Å². The van der Waals surface area contributed by atoms with E-state index in [1.54, 1.807) is 12.1 Å². The van der Waals surface area contributed by atoms with Crippen molar-refractivity contribution in [1.29, 1.82) is 0 Å². The minimum atomic E-state index is -4.37. The molecule has 0 heterocycles. The molecule has 0 saturated carbocycles. The van der Waals surface area contributed by atoms with Crippen LogP contribution in [0.25, 0.3) is 5.57 Å². The summed E-state index contributed by atoms with van der Waals surface area (Å²) in [4.78, 5) is 2.52. The molecule has 6 rings (SSSR count). The summed E-state index contributed by atoms with van der Waals surface area (Å²) in [6.45, 7) is 0. The Morgan fingerprint density at radius 2 is 0.870 bits per heavy atom. The largest absolute Gasteiger partial charge is 0.355 e. The molecule has 54 heavy (non-hydrogen) atoms. The Bertz CT molecular complexity index is 2490. The van der Waals surface area contributed by atoms with Crippen LogP contribution in [0.2, 0.25) is 0 Å². The second-order valence-electron chi connectivity index (χ2n) is 11.5. The van der Waals surface area contributed by atoms with E-state index < -0.39 is 30.4 Å². The van der Waals surface area contributed by atoms with Gasteiger partial charge in [-0.05, 0) is 107 Å². The molecule has 0 spiro atoms. The quantitative estimate of drug-likeness (QED) is 0.0826. The Balaban J connectivity index is 0.00000325. The predicted octanol–water partition coefficient (Wildman–Crippen LogP) is 4.93. The molecule has 266 valence electrons. The zero-order valence-corrected chi connectivity index (χ0v) is 35.3. The zero-order chi connectivity index (χ0) is 37.1. The van der Waals surface area contributed by atoms with E-state index in [0.717, 1.165) is 28.0 Å². The van der Waals surface area contributed by atoms with E-state index in [1.807, 2.05) is 72.8 Å². The Morgan fingerprint density at radius 3 is 1.26 bits per heavy atom. The SMILES string of the molecule is O=S(=O)(O)c1ccc([NH+]=C2C=CC(=C(c3ccc(Nc4cccc(S(=O)(=O)O)c4)cc3)c3ccc(Nc4cccc(S(=O)(=O)O)c4)cc3)C=C2)cc1.[Na].[Na]. The van der Waals surface area contributed by atoms with Gasteiger partial charge < -0.3 is 10.6 Å². The second-order valence-corrected chi connectivity index (χ2v) is 15.8. The summed E-state index contributed by atoms with van der Waals surface area (Å²) in [5.74, 6) is 0. The van der Waals surface area contributed by atoms with Gasteiger partial charge in [-0.15, -0.1) is 0 Å². The molecule has 0 amide bonds. The molecular formula is C37H30N3Na2O9S3+. The molecule has 6 N–H and O–H groups in total. The second kappa shape index (κ2) is 17.8. The smallest absolute Gasteiger partial charge is 0.294 e. The van der Waals surface area contributed by atoms with Crippen LogP contribution < -0.4 is 15.6 Å². The molecule has 2 radical (unpaired) electrons. The summed E-state index contributed by atoms with van der Waals surface area (Å²) in [7, 11) is -13.1. The van der Waals surface area contributed by atoms with Gasteiger partial charge in [0, 0.05) is 106 Å². The Labute approximate surface area is 357 Å². The summed E-state index contributed by atoms with van der Waals surface area (Å²) >= 11 is 0. The number of anilines is 4. The number of hydrogen-bond acceptors (Lipinski definition) is 8. The van der Waals surface area contributed by atoms with Crippen molar-refractivity contribution in [2.45, 2.75) is 14.7 Å². The molecule has 0 bridgehead atoms. The van der Waals surface area contributed by atoms with E-state index in [-0.39, 0.29) is 73.8 Å². The van der Waals surface area contributed by atoms with Gasteiger partial charge in [0.2, 0.25) is 11.4 Å². The van der Waals surface area contributed by atoms with Crippen molar-refractivity contribution in [3.05, 3.63) is 162 Å². The first-order valence-electron chi connectivity index (χ1n) is 15.3. The van der Waals surface area contributed by atoms with Gasteiger partial charge in [-0.25, -0.2) is 4.99 Å². The minimum Gasteiger partial charge on any atom is -0.355 e. The van der Waals surface area contributed by atoms with Gasteiger partial charge >= 0.3 is 0 Å². The Hall–Kier alpha value is -3.68. The molecule has 5 aromatic rings. The van der Waals surface area contributed by atoms with E-state index >= 15 is 0 Å². The predicted molar refractivity (Wildman–Crippen MR) is 210 cm³/mol. The van der Waals surface area contributed by atoms with Gasteiger partial charge in [0.05, 0.1) is 14.7 Å². The summed E-state index contributed by atoms with van der Waals surface area (Å²) < 4.78 is 97.3. The molecule has 0 aliphatic heterocycles. The number of allylic oxidation sites excluding steroid dienone is 5. The molecule has 0 unspecified atom stereocenters. The van der Waals surface area contributed by atoms with Crippen LogP contribution in [0, 0.1) is 0 Å². The standard InChI is InChI=1S/C37H29N3O9S3.2Na/c41-50(42,43)34-21-19-31(20-22-34)38-28-13-7-25(8-14-28)37(26-9-15-29(16-10-26)39-32-3-1-5-35(23-32)51(44,45)46)27-11-17-30(18-12-27)40-33-4-2-6-36(24-33)52(47,48)49;;/h1-24,39-40H,(H,41,42,43)(H,44,45,46)(H,47,48,49);;/p+1. The maximum atomic E-state index is 11.6. The first-order chi connectivity index (χ1) is 24.6. The fourth-order valence-electron chi connectivity index (χ4n) is 5.34. The molecular weight excluding hydrogens is 773 g/mol. The van der Waals surface area contributed by atoms with Gasteiger partial charge in [0.25, 0.3) is 30.4 Å². The summed E-state index contributed by atoms with van der Waals surface area (Å²) in [5, 5.41) is 6.29. The molecule has 0 atom stereocenters. The van der Waals surface area contributed by atoms with Gasteiger partial charge in [-0.1, -0.05) is 36.4 Å². The first kappa shape index (κ1) is 43.1. The molecule has 17 heteroatoms. The average molecular weight is 803 g/mol. The third-order valence-corrected chi connectivity index (χ3v) is 10.4. The van der Waals surface area contributed by atoms with Crippen LogP contribution in [-0.2, 0) is 30.4 Å². The van der Waals surface area contributed by atoms with E-state index in [9.17, 15) is 38.9 Å². The van der Waals surface area contributed by atoms with Crippen molar-refractivity contribution < 1.29 is 43.9 Å². The maximum Gasteiger partial charge on any atom is 0.294 e. The van der Waals surface area contributed by atoms with Crippen molar-refractivity contribution in [2.75, 3.05) is 10.6 Å². The molecule has 1 aliphatic carbocycles. The molecule has 0 saturated heterocycles. The third kappa shape index (κ3) is 11.2. The van der Waals surface area contributed by atoms with Crippen LogP contribution in [-0.4, -0.2) is 104 Å². The Morgan fingerprint density at radius 1 is 0.463 bits per heavy atom. The zero-order valence-electron chi connectivity index (χ0n) is 28.9. The van der Waals surface area contributed by atoms with Gasteiger partial charge in [0.1, 0.15) is 0 Å². The van der Waals surface area contributed by atoms with Crippen LogP contribution in [0.4, 0.5) is 28.4 Å². The van der Waals surface area contributed by atoms with E-state index in [4.69, 9.17) is 0 Å². The summed E-state index contributed by atoms with van der Waals surface area (Å²) in [5.41, 5.74) is 7.02. The minimum absolute atomic E-state index is 0. The van der Waals surface area contributed by atoms with Crippen molar-refractivity contribution in [3.8, 4) is 0 Å². The van der Waals surface area contributed by atoms with E-state index in [2.05, 4.69) is 15.6 Å². The fraction of sp³-hybridized carbons (Fsp3) is 0. The van der Waals surface area contributed by atoms with Crippen LogP contribution in [0.3, 0.4) is 0 Å². The van der Waals surface area contributed by atoms with Gasteiger partial charge in [0.15, 0.2) is 0 Å². The fourth-order valence-corrected chi connectivity index (χ4v) is 6.87. The van der Waals surface area contributed by atoms with Crippen LogP contribution in [0.1, 0.15) is 11.1 Å². The number of hydrogen-bond donors (Lipinski definition) is 6. The van der Waals surface area contributed by atoms with E-state index in [1.165, 1.54) is 60.7 Å². The van der Waals surface area contributed by atoms with Crippen LogP contribution in [0.5, 0.6) is 0 Å². The van der Waals surface area contributed by atoms with Gasteiger partial charge in [-0.2, -0.15) is 25.3 Å². The third-order valence-electron chi connectivity index (χ3n) is 7.80. The van der Waals surface area contributed by atoms with Crippen molar-refractivity contribution in [3.63, 3.8) is 0 Å². The monoisotopic (exact) mass is 802 g/mol. The normalized spacial score (nSPS) is 12.6. The first-order valence-corrected chi connectivity index (χ1v) is 19.7. The number of benzene rings is 5. The van der Waals surface area contributed by atoms with Crippen molar-refractivity contribution in [1.82, 2.24) is 0 Å². The average Bonchev–Trinajstić information content (AvgIpc) is 3.10. The van der Waals surface area contributed by atoms with Crippen molar-refractivity contribution in [2.24, 2.45) is 0 Å². The molecule has 5 aromatic carbocycles. The number of nitrogens with one attached hydrogen (secondary N) is 3. The van der Waals surface area contributed by atoms with E-state index in [0.29, 0.717) is 28.4 Å². The molecule has 0 fully saturated rings. The molecule has 0 aromatic heterocycles. The van der Waals surface area contributed by atoms with Crippen LogP contribution >= 0.6 is 0 Å². The van der Waals surface area contributed by atoms with Crippen LogP contribution in [0.15, 0.2) is 166 Å². The number of rotatable bonds is 10. The maximum absolute atomic E-state index is 11.6. The molecule has 12 nitrogen and oxygen atoms in total. The molecule has 1 aliphatic rings. The Kier molecular flexibility index (Phi) is 14.2. The summed E-state index contributed by atoms with van der Waals surface area (Å²) in [6.07, 6.45) is 7.57. The van der Waals surface area contributed by atoms with Gasteiger partial charge in [-0.3, -0.25) is 13.7 Å². The van der Waals surface area contributed by atoms with Crippen molar-refractivity contribution >= 4 is 129 Å².